The number of pyridine rings is 1. The van der Waals surface area contributed by atoms with Gasteiger partial charge >= 0.3 is 0 Å². The summed E-state index contributed by atoms with van der Waals surface area (Å²) < 4.78 is 1.98. The van der Waals surface area contributed by atoms with Gasteiger partial charge in [0.15, 0.2) is 6.04 Å². The molecule has 2 aromatic heterocycles. The van der Waals surface area contributed by atoms with Gasteiger partial charge in [-0.05, 0) is 49.8 Å². The SMILES string of the molecule is CC[NH+](Cc1ccccc1)[C@@H](c1ccccn1)c1nnnn1C(C)(C)CC. The molecule has 0 spiro atoms. The first-order chi connectivity index (χ1) is 13.1. The van der Waals surface area contributed by atoms with Crippen LogP contribution in [0, 0.1) is 0 Å². The van der Waals surface area contributed by atoms with Crippen LogP contribution in [0.4, 0.5) is 0 Å². The summed E-state index contributed by atoms with van der Waals surface area (Å²) >= 11 is 0. The van der Waals surface area contributed by atoms with Crippen molar-refractivity contribution < 1.29 is 4.90 Å². The molecular weight excluding hydrogens is 336 g/mol. The summed E-state index contributed by atoms with van der Waals surface area (Å²) in [6.45, 7) is 10.5. The molecule has 0 saturated heterocycles. The second-order valence-corrected chi connectivity index (χ2v) is 7.48. The molecule has 142 valence electrons. The minimum absolute atomic E-state index is 0.0303. The molecule has 2 atom stereocenters. The smallest absolute Gasteiger partial charge is 0.216 e. The van der Waals surface area contributed by atoms with Crippen LogP contribution in [0.25, 0.3) is 0 Å². The highest BCUT2D eigenvalue weighted by Crippen LogP contribution is 2.24. The molecule has 0 bridgehead atoms. The third kappa shape index (κ3) is 4.22. The lowest BCUT2D eigenvalue weighted by Gasteiger charge is -2.30. The topological polar surface area (TPSA) is 60.9 Å². The molecule has 2 heterocycles. The van der Waals surface area contributed by atoms with Crippen LogP contribution in [0.15, 0.2) is 54.7 Å². The van der Waals surface area contributed by atoms with Gasteiger partial charge in [-0.1, -0.05) is 43.3 Å². The van der Waals surface area contributed by atoms with Crippen LogP contribution in [0.2, 0.25) is 0 Å². The van der Waals surface area contributed by atoms with Gasteiger partial charge in [0.05, 0.1) is 12.1 Å². The van der Waals surface area contributed by atoms with Crippen molar-refractivity contribution in [3.8, 4) is 0 Å². The zero-order valence-corrected chi connectivity index (χ0v) is 16.6. The Kier molecular flexibility index (Phi) is 5.96. The molecule has 27 heavy (non-hydrogen) atoms. The zero-order chi connectivity index (χ0) is 19.3. The number of rotatable bonds is 8. The van der Waals surface area contributed by atoms with Crippen LogP contribution in [-0.2, 0) is 12.1 Å². The summed E-state index contributed by atoms with van der Waals surface area (Å²) in [4.78, 5) is 6.03. The van der Waals surface area contributed by atoms with Gasteiger partial charge in [-0.2, -0.15) is 0 Å². The van der Waals surface area contributed by atoms with Crippen molar-refractivity contribution in [2.24, 2.45) is 0 Å². The van der Waals surface area contributed by atoms with Crippen LogP contribution in [0.1, 0.15) is 57.2 Å². The first kappa shape index (κ1) is 19.2. The van der Waals surface area contributed by atoms with Gasteiger partial charge in [-0.3, -0.25) is 4.98 Å². The van der Waals surface area contributed by atoms with E-state index < -0.39 is 0 Å². The fraction of sp³-hybridized carbons (Fsp3) is 0.429. The van der Waals surface area contributed by atoms with Gasteiger partial charge in [0, 0.05) is 11.8 Å². The molecular formula is C21H29N6+. The number of aromatic nitrogens is 5. The Labute approximate surface area is 161 Å². The molecule has 1 N–H and O–H groups in total. The molecule has 3 rings (SSSR count). The maximum absolute atomic E-state index is 4.66. The molecule has 0 aliphatic heterocycles. The Hall–Kier alpha value is -2.60. The summed E-state index contributed by atoms with van der Waals surface area (Å²) in [5.41, 5.74) is 2.13. The highest BCUT2D eigenvalue weighted by atomic mass is 15.6. The Morgan fingerprint density at radius 2 is 1.78 bits per heavy atom. The van der Waals surface area contributed by atoms with Crippen molar-refractivity contribution in [3.05, 3.63) is 71.8 Å². The van der Waals surface area contributed by atoms with E-state index in [1.807, 2.05) is 23.0 Å². The fourth-order valence-corrected chi connectivity index (χ4v) is 3.31. The number of quaternary nitrogens is 1. The van der Waals surface area contributed by atoms with Gasteiger partial charge in [0.2, 0.25) is 5.82 Å². The van der Waals surface area contributed by atoms with Gasteiger partial charge in [0.1, 0.15) is 12.2 Å². The van der Waals surface area contributed by atoms with Crippen molar-refractivity contribution in [2.75, 3.05) is 6.54 Å². The molecule has 6 heteroatoms. The predicted octanol–water partition coefficient (Wildman–Crippen LogP) is 2.41. The summed E-state index contributed by atoms with van der Waals surface area (Å²) in [5.74, 6) is 0.869. The number of tetrazole rings is 1. The van der Waals surface area contributed by atoms with Crippen LogP contribution in [0.5, 0.6) is 0 Å². The third-order valence-corrected chi connectivity index (χ3v) is 5.31. The molecule has 0 radical (unpaired) electrons. The van der Waals surface area contributed by atoms with Crippen molar-refractivity contribution in [2.45, 2.75) is 52.2 Å². The lowest BCUT2D eigenvalue weighted by Crippen LogP contribution is -3.11. The Bertz CT molecular complexity index is 828. The van der Waals surface area contributed by atoms with Crippen LogP contribution < -0.4 is 4.90 Å². The van der Waals surface area contributed by atoms with Crippen molar-refractivity contribution in [1.82, 2.24) is 25.2 Å². The summed E-state index contributed by atoms with van der Waals surface area (Å²) in [6, 6.07) is 16.6. The van der Waals surface area contributed by atoms with Crippen molar-refractivity contribution >= 4 is 0 Å². The largest absolute Gasteiger partial charge is 0.317 e. The number of hydrogen-bond donors (Lipinski definition) is 1. The second-order valence-electron chi connectivity index (χ2n) is 7.48. The molecule has 0 saturated carbocycles. The normalized spacial score (nSPS) is 14.1. The monoisotopic (exact) mass is 365 g/mol. The van der Waals surface area contributed by atoms with Gasteiger partial charge in [0.25, 0.3) is 0 Å². The minimum Gasteiger partial charge on any atom is -0.317 e. The molecule has 1 unspecified atom stereocenters. The van der Waals surface area contributed by atoms with Crippen LogP contribution >= 0.6 is 0 Å². The Balaban J connectivity index is 2.06. The van der Waals surface area contributed by atoms with Crippen molar-refractivity contribution in [3.63, 3.8) is 0 Å². The molecule has 0 aliphatic carbocycles. The van der Waals surface area contributed by atoms with E-state index in [1.165, 1.54) is 10.5 Å². The van der Waals surface area contributed by atoms with Gasteiger partial charge in [-0.15, -0.1) is 5.10 Å². The van der Waals surface area contributed by atoms with E-state index in [0.717, 1.165) is 31.0 Å². The maximum atomic E-state index is 4.66. The van der Waals surface area contributed by atoms with Crippen LogP contribution in [0.3, 0.4) is 0 Å². The maximum Gasteiger partial charge on any atom is 0.216 e. The molecule has 3 aromatic rings. The molecule has 1 aromatic carbocycles. The molecule has 0 fully saturated rings. The predicted molar refractivity (Wildman–Crippen MR) is 105 cm³/mol. The van der Waals surface area contributed by atoms with E-state index in [9.17, 15) is 0 Å². The lowest BCUT2D eigenvalue weighted by atomic mass is 10.0. The third-order valence-electron chi connectivity index (χ3n) is 5.31. The number of nitrogens with zero attached hydrogens (tertiary/aromatic N) is 5. The highest BCUT2D eigenvalue weighted by Gasteiger charge is 2.35. The first-order valence-electron chi connectivity index (χ1n) is 9.65. The molecule has 0 aliphatic rings. The Morgan fingerprint density at radius 3 is 2.41 bits per heavy atom. The zero-order valence-electron chi connectivity index (χ0n) is 16.6. The minimum atomic E-state index is -0.155. The van der Waals surface area contributed by atoms with E-state index in [1.54, 1.807) is 0 Å². The fourth-order valence-electron chi connectivity index (χ4n) is 3.31. The highest BCUT2D eigenvalue weighted by molar-refractivity contribution is 5.16. The van der Waals surface area contributed by atoms with Crippen LogP contribution in [-0.4, -0.2) is 31.7 Å². The van der Waals surface area contributed by atoms with Crippen molar-refractivity contribution in [1.29, 1.82) is 0 Å². The second kappa shape index (κ2) is 8.39. The number of benzene rings is 1. The lowest BCUT2D eigenvalue weighted by molar-refractivity contribution is -0.938. The van der Waals surface area contributed by atoms with E-state index >= 15 is 0 Å². The molecule has 6 nitrogen and oxygen atoms in total. The van der Waals surface area contributed by atoms with E-state index in [0.29, 0.717) is 0 Å². The quantitative estimate of drug-likeness (QED) is 0.666. The number of nitrogens with one attached hydrogen (secondary N) is 1. The first-order valence-corrected chi connectivity index (χ1v) is 9.65. The average molecular weight is 366 g/mol. The Morgan fingerprint density at radius 1 is 1.04 bits per heavy atom. The summed E-state index contributed by atoms with van der Waals surface area (Å²) in [6.07, 6.45) is 2.79. The van der Waals surface area contributed by atoms with Gasteiger partial charge < -0.3 is 4.90 Å². The van der Waals surface area contributed by atoms with E-state index in [-0.39, 0.29) is 11.6 Å². The summed E-state index contributed by atoms with van der Waals surface area (Å²) in [7, 11) is 0. The average Bonchev–Trinajstić information content (AvgIpc) is 3.19. The molecule has 0 amide bonds. The number of hydrogen-bond acceptors (Lipinski definition) is 4. The summed E-state index contributed by atoms with van der Waals surface area (Å²) in [5, 5.41) is 12.8. The van der Waals surface area contributed by atoms with E-state index in [4.69, 9.17) is 0 Å². The standard InChI is InChI=1S/C21H28N6/c1-5-21(3,4)27-20(23-24-25-27)19(18-14-10-11-15-22-18)26(6-2)16-17-12-8-7-9-13-17/h7-15,19H,5-6,16H2,1-4H3/p+1/t19-/m0/s1. The van der Waals surface area contributed by atoms with E-state index in [2.05, 4.69) is 84.6 Å². The van der Waals surface area contributed by atoms with Gasteiger partial charge in [-0.25, -0.2) is 4.68 Å².